The standard InChI is InChI=1S/C14H19N3O2.ClH/c1-19-13-9-11(6-7-12(13)18)10-16-17-14-5-3-2-4-8-15-14;/h6-7,9-10,18H,2-5,8H2,1H3,(H,15,17);1H/b16-10+;. The van der Waals surface area contributed by atoms with E-state index in [0.717, 1.165) is 24.4 Å². The summed E-state index contributed by atoms with van der Waals surface area (Å²) < 4.78 is 5.05. The normalized spacial score (nSPS) is 15.2. The molecule has 1 aliphatic rings. The van der Waals surface area contributed by atoms with Gasteiger partial charge < -0.3 is 22.3 Å². The number of ether oxygens (including phenoxy) is 1. The molecule has 1 aliphatic heterocycles. The van der Waals surface area contributed by atoms with Gasteiger partial charge in [-0.2, -0.15) is 5.43 Å². The highest BCUT2D eigenvalue weighted by Crippen LogP contribution is 2.25. The molecular weight excluding hydrogens is 278 g/mol. The van der Waals surface area contributed by atoms with Gasteiger partial charge in [0.05, 0.1) is 26.3 Å². The Morgan fingerprint density at radius 2 is 2.20 bits per heavy atom. The van der Waals surface area contributed by atoms with Crippen LogP contribution in [0.15, 0.2) is 23.3 Å². The molecule has 0 saturated carbocycles. The lowest BCUT2D eigenvalue weighted by Gasteiger charge is -2.02. The number of benzene rings is 1. The second kappa shape index (κ2) is 8.43. The van der Waals surface area contributed by atoms with Crippen LogP contribution in [0.5, 0.6) is 11.5 Å². The number of rotatable bonds is 3. The minimum atomic E-state index is 0. The Bertz CT molecular complexity index is 489. The van der Waals surface area contributed by atoms with E-state index in [4.69, 9.17) is 4.74 Å². The Morgan fingerprint density at radius 1 is 1.35 bits per heavy atom. The van der Waals surface area contributed by atoms with E-state index in [1.807, 2.05) is 0 Å². The molecule has 0 unspecified atom stereocenters. The lowest BCUT2D eigenvalue weighted by molar-refractivity contribution is -0.459. The highest BCUT2D eigenvalue weighted by atomic mass is 35.5. The maximum Gasteiger partial charge on any atom is 0.267 e. The third-order valence-electron chi connectivity index (χ3n) is 3.06. The van der Waals surface area contributed by atoms with Gasteiger partial charge in [0, 0.05) is 5.56 Å². The maximum atomic E-state index is 9.50. The van der Waals surface area contributed by atoms with E-state index in [1.165, 1.54) is 26.4 Å². The van der Waals surface area contributed by atoms with Gasteiger partial charge in [0.25, 0.3) is 5.84 Å². The minimum Gasteiger partial charge on any atom is -1.00 e. The predicted molar refractivity (Wildman–Crippen MR) is 74.7 cm³/mol. The SMILES string of the molecule is COc1cc(/C=N/NC2=[NH+]CCCCC2)ccc1O.[Cl-]. The van der Waals surface area contributed by atoms with E-state index < -0.39 is 0 Å². The van der Waals surface area contributed by atoms with Crippen LogP contribution in [0.1, 0.15) is 31.2 Å². The van der Waals surface area contributed by atoms with Crippen molar-refractivity contribution in [3.8, 4) is 11.5 Å². The van der Waals surface area contributed by atoms with Crippen LogP contribution in [0, 0.1) is 0 Å². The number of methoxy groups -OCH3 is 1. The molecule has 110 valence electrons. The van der Waals surface area contributed by atoms with Gasteiger partial charge >= 0.3 is 0 Å². The van der Waals surface area contributed by atoms with Crippen molar-refractivity contribution < 1.29 is 27.2 Å². The van der Waals surface area contributed by atoms with Crippen LogP contribution in [-0.2, 0) is 0 Å². The fourth-order valence-electron chi connectivity index (χ4n) is 1.99. The average molecular weight is 298 g/mol. The molecule has 0 fully saturated rings. The summed E-state index contributed by atoms with van der Waals surface area (Å²) >= 11 is 0. The molecule has 1 heterocycles. The van der Waals surface area contributed by atoms with Gasteiger partial charge in [0.2, 0.25) is 0 Å². The molecule has 3 N–H and O–H groups in total. The molecule has 2 rings (SSSR count). The van der Waals surface area contributed by atoms with Crippen molar-refractivity contribution >= 4 is 12.1 Å². The summed E-state index contributed by atoms with van der Waals surface area (Å²) in [4.78, 5) is 3.33. The van der Waals surface area contributed by atoms with Gasteiger partial charge in [0.15, 0.2) is 11.5 Å². The molecule has 1 aromatic rings. The van der Waals surface area contributed by atoms with Gasteiger partial charge in [-0.3, -0.25) is 4.99 Å². The Kier molecular flexibility index (Phi) is 6.87. The molecule has 0 atom stereocenters. The number of hydrogen-bond acceptors (Lipinski definition) is 4. The second-order valence-electron chi connectivity index (χ2n) is 4.52. The molecule has 0 aromatic heterocycles. The second-order valence-corrected chi connectivity index (χ2v) is 4.52. The van der Waals surface area contributed by atoms with Crippen molar-refractivity contribution in [1.29, 1.82) is 0 Å². The first kappa shape index (κ1) is 16.3. The summed E-state index contributed by atoms with van der Waals surface area (Å²) in [5.41, 5.74) is 3.91. The van der Waals surface area contributed by atoms with Crippen molar-refractivity contribution in [1.82, 2.24) is 5.43 Å². The molecule has 0 saturated heterocycles. The van der Waals surface area contributed by atoms with Crippen molar-refractivity contribution in [2.45, 2.75) is 25.7 Å². The zero-order valence-corrected chi connectivity index (χ0v) is 12.3. The van der Waals surface area contributed by atoms with Crippen LogP contribution >= 0.6 is 0 Å². The van der Waals surface area contributed by atoms with Crippen LogP contribution in [0.3, 0.4) is 0 Å². The molecule has 0 radical (unpaired) electrons. The van der Waals surface area contributed by atoms with Gasteiger partial charge in [-0.15, -0.1) is 0 Å². The molecule has 1 aromatic carbocycles. The highest BCUT2D eigenvalue weighted by Gasteiger charge is 2.08. The smallest absolute Gasteiger partial charge is 0.267 e. The van der Waals surface area contributed by atoms with Crippen molar-refractivity contribution in [3.63, 3.8) is 0 Å². The van der Waals surface area contributed by atoms with E-state index in [0.29, 0.717) is 5.75 Å². The molecular formula is C14H20ClN3O2. The number of phenols is 1. The summed E-state index contributed by atoms with van der Waals surface area (Å²) in [6.45, 7) is 1.00. The van der Waals surface area contributed by atoms with Gasteiger partial charge in [-0.25, -0.2) is 0 Å². The van der Waals surface area contributed by atoms with E-state index in [-0.39, 0.29) is 18.2 Å². The Hall–Kier alpha value is -1.75. The molecule has 20 heavy (non-hydrogen) atoms. The number of amidine groups is 1. The highest BCUT2D eigenvalue weighted by molar-refractivity contribution is 5.83. The fraction of sp³-hybridized carbons (Fsp3) is 0.429. The number of hydrogen-bond donors (Lipinski definition) is 3. The molecule has 5 nitrogen and oxygen atoms in total. The van der Waals surface area contributed by atoms with Gasteiger partial charge in [0.1, 0.15) is 0 Å². The first-order valence-electron chi connectivity index (χ1n) is 6.55. The predicted octanol–water partition coefficient (Wildman–Crippen LogP) is -2.62. The van der Waals surface area contributed by atoms with Gasteiger partial charge in [-0.1, -0.05) is 5.10 Å². The number of nitrogens with one attached hydrogen (secondary N) is 2. The zero-order chi connectivity index (χ0) is 13.5. The molecule has 0 aliphatic carbocycles. The Balaban J connectivity index is 0.00000200. The van der Waals surface area contributed by atoms with Crippen molar-refractivity contribution in [2.75, 3.05) is 13.7 Å². The molecule has 0 amide bonds. The van der Waals surface area contributed by atoms with Crippen molar-refractivity contribution in [2.24, 2.45) is 5.10 Å². The van der Waals surface area contributed by atoms with Crippen LogP contribution in [0.4, 0.5) is 0 Å². The lowest BCUT2D eigenvalue weighted by Crippen LogP contribution is -3.00. The molecule has 0 spiro atoms. The monoisotopic (exact) mass is 297 g/mol. The fourth-order valence-corrected chi connectivity index (χ4v) is 1.99. The Morgan fingerprint density at radius 3 is 3.00 bits per heavy atom. The van der Waals surface area contributed by atoms with E-state index >= 15 is 0 Å². The van der Waals surface area contributed by atoms with Crippen LogP contribution < -0.4 is 27.6 Å². The average Bonchev–Trinajstić information content (AvgIpc) is 2.69. The summed E-state index contributed by atoms with van der Waals surface area (Å²) in [7, 11) is 1.53. The quantitative estimate of drug-likeness (QED) is 0.423. The number of phenolic OH excluding ortho intramolecular Hbond substituents is 1. The molecule has 0 bridgehead atoms. The van der Waals surface area contributed by atoms with Crippen LogP contribution in [0.25, 0.3) is 0 Å². The topological polar surface area (TPSA) is 67.8 Å². The van der Waals surface area contributed by atoms with Crippen molar-refractivity contribution in [3.05, 3.63) is 23.8 Å². The van der Waals surface area contributed by atoms with Crippen LogP contribution in [-0.4, -0.2) is 30.8 Å². The van der Waals surface area contributed by atoms with E-state index in [9.17, 15) is 5.11 Å². The minimum absolute atomic E-state index is 0. The van der Waals surface area contributed by atoms with E-state index in [2.05, 4.69) is 15.5 Å². The molecule has 6 heteroatoms. The number of hydrazone groups is 1. The third-order valence-corrected chi connectivity index (χ3v) is 3.06. The maximum absolute atomic E-state index is 9.50. The number of nitrogens with zero attached hydrogens (tertiary/aromatic N) is 1. The summed E-state index contributed by atoms with van der Waals surface area (Å²) in [6.07, 6.45) is 6.39. The zero-order valence-electron chi connectivity index (χ0n) is 11.5. The number of aromatic hydroxyl groups is 1. The number of halogens is 1. The summed E-state index contributed by atoms with van der Waals surface area (Å²) in [5, 5.41) is 13.7. The summed E-state index contributed by atoms with van der Waals surface area (Å²) in [6, 6.07) is 5.12. The lowest BCUT2D eigenvalue weighted by atomic mass is 10.2. The van der Waals surface area contributed by atoms with E-state index in [1.54, 1.807) is 24.4 Å². The Labute approximate surface area is 125 Å². The first-order valence-corrected chi connectivity index (χ1v) is 6.55. The van der Waals surface area contributed by atoms with Crippen LogP contribution in [0.2, 0.25) is 0 Å². The largest absolute Gasteiger partial charge is 1.00 e. The summed E-state index contributed by atoms with van der Waals surface area (Å²) in [5.74, 6) is 1.65. The first-order chi connectivity index (χ1) is 9.29. The van der Waals surface area contributed by atoms with Gasteiger partial charge in [-0.05, 0) is 37.5 Å². The third kappa shape index (κ3) is 4.74.